The lowest BCUT2D eigenvalue weighted by molar-refractivity contribution is 0.499. The predicted molar refractivity (Wildman–Crippen MR) is 79.4 cm³/mol. The van der Waals surface area contributed by atoms with Gasteiger partial charge in [-0.25, -0.2) is 0 Å². The summed E-state index contributed by atoms with van der Waals surface area (Å²) >= 11 is 0. The van der Waals surface area contributed by atoms with Crippen molar-refractivity contribution in [2.75, 3.05) is 5.32 Å². The van der Waals surface area contributed by atoms with Crippen molar-refractivity contribution in [3.8, 4) is 5.69 Å². The molecule has 0 aliphatic rings. The maximum atomic E-state index is 5.57. The van der Waals surface area contributed by atoms with E-state index in [0.717, 1.165) is 22.8 Å². The fourth-order valence-electron chi connectivity index (χ4n) is 2.37. The molecule has 2 aromatic heterocycles. The standard InChI is InChI=1S/C15H17N5O/c1-10-9-14(12(3)21-10)11(2)16-15-17-18-19-20(15)13-7-5-4-6-8-13/h4-9,11H,1-3H3,(H,16,17,19). The molecule has 6 nitrogen and oxygen atoms in total. The van der Waals surface area contributed by atoms with E-state index in [1.54, 1.807) is 4.68 Å². The molecule has 0 fully saturated rings. The molecule has 0 aliphatic heterocycles. The van der Waals surface area contributed by atoms with Crippen LogP contribution in [0.5, 0.6) is 0 Å². The van der Waals surface area contributed by atoms with E-state index in [2.05, 4.69) is 27.8 Å². The number of anilines is 1. The third-order valence-electron chi connectivity index (χ3n) is 3.36. The van der Waals surface area contributed by atoms with E-state index in [1.165, 1.54) is 0 Å². The quantitative estimate of drug-likeness (QED) is 0.797. The number of tetrazole rings is 1. The van der Waals surface area contributed by atoms with E-state index in [1.807, 2.05) is 50.2 Å². The Hall–Kier alpha value is -2.63. The Bertz CT molecular complexity index is 732. The Morgan fingerprint density at radius 2 is 1.95 bits per heavy atom. The number of rotatable bonds is 4. The number of aromatic nitrogens is 4. The van der Waals surface area contributed by atoms with E-state index in [-0.39, 0.29) is 6.04 Å². The summed E-state index contributed by atoms with van der Waals surface area (Å²) in [4.78, 5) is 0. The number of benzene rings is 1. The van der Waals surface area contributed by atoms with Crippen LogP contribution in [0, 0.1) is 13.8 Å². The van der Waals surface area contributed by atoms with Gasteiger partial charge in [-0.3, -0.25) is 0 Å². The van der Waals surface area contributed by atoms with Gasteiger partial charge in [-0.2, -0.15) is 4.68 Å². The molecular weight excluding hydrogens is 266 g/mol. The first-order chi connectivity index (χ1) is 10.1. The molecule has 0 aliphatic carbocycles. The van der Waals surface area contributed by atoms with Gasteiger partial charge < -0.3 is 9.73 Å². The summed E-state index contributed by atoms with van der Waals surface area (Å²) in [7, 11) is 0. The van der Waals surface area contributed by atoms with Gasteiger partial charge in [-0.1, -0.05) is 23.3 Å². The molecule has 0 bridgehead atoms. The first-order valence-corrected chi connectivity index (χ1v) is 6.82. The lowest BCUT2D eigenvalue weighted by Gasteiger charge is -2.13. The first-order valence-electron chi connectivity index (χ1n) is 6.82. The Labute approximate surface area is 122 Å². The number of hydrogen-bond donors (Lipinski definition) is 1. The average molecular weight is 283 g/mol. The molecule has 0 spiro atoms. The molecule has 1 unspecified atom stereocenters. The molecule has 0 radical (unpaired) electrons. The highest BCUT2D eigenvalue weighted by molar-refractivity contribution is 5.40. The minimum absolute atomic E-state index is 0.0518. The monoisotopic (exact) mass is 283 g/mol. The van der Waals surface area contributed by atoms with Crippen LogP contribution in [0.2, 0.25) is 0 Å². The van der Waals surface area contributed by atoms with E-state index >= 15 is 0 Å². The van der Waals surface area contributed by atoms with Crippen LogP contribution in [0.3, 0.4) is 0 Å². The Morgan fingerprint density at radius 3 is 2.62 bits per heavy atom. The largest absolute Gasteiger partial charge is 0.466 e. The van der Waals surface area contributed by atoms with Crippen LogP contribution in [-0.2, 0) is 0 Å². The lowest BCUT2D eigenvalue weighted by atomic mass is 10.1. The highest BCUT2D eigenvalue weighted by Gasteiger charge is 2.16. The topological polar surface area (TPSA) is 68.8 Å². The fraction of sp³-hybridized carbons (Fsp3) is 0.267. The second-order valence-electron chi connectivity index (χ2n) is 4.98. The molecule has 0 saturated carbocycles. The minimum atomic E-state index is 0.0518. The Morgan fingerprint density at radius 1 is 1.19 bits per heavy atom. The third kappa shape index (κ3) is 2.65. The molecule has 1 aromatic carbocycles. The molecule has 3 aromatic rings. The SMILES string of the molecule is Cc1cc(C(C)Nc2nnnn2-c2ccccc2)c(C)o1. The van der Waals surface area contributed by atoms with E-state index < -0.39 is 0 Å². The van der Waals surface area contributed by atoms with Crippen LogP contribution in [-0.4, -0.2) is 20.2 Å². The van der Waals surface area contributed by atoms with Crippen LogP contribution in [0.15, 0.2) is 40.8 Å². The lowest BCUT2D eigenvalue weighted by Crippen LogP contribution is -2.12. The molecule has 3 rings (SSSR count). The maximum Gasteiger partial charge on any atom is 0.248 e. The van der Waals surface area contributed by atoms with Gasteiger partial charge in [-0.05, 0) is 49.4 Å². The summed E-state index contributed by atoms with van der Waals surface area (Å²) in [5.74, 6) is 2.41. The highest BCUT2D eigenvalue weighted by atomic mass is 16.3. The second-order valence-corrected chi connectivity index (χ2v) is 4.98. The number of nitrogens with one attached hydrogen (secondary N) is 1. The molecule has 0 saturated heterocycles. The number of para-hydroxylation sites is 1. The van der Waals surface area contributed by atoms with Crippen LogP contribution in [0.4, 0.5) is 5.95 Å². The van der Waals surface area contributed by atoms with Gasteiger partial charge in [0.1, 0.15) is 11.5 Å². The normalized spacial score (nSPS) is 12.3. The zero-order valence-electron chi connectivity index (χ0n) is 12.2. The zero-order chi connectivity index (χ0) is 14.8. The predicted octanol–water partition coefficient (Wildman–Crippen LogP) is 3.05. The second kappa shape index (κ2) is 5.40. The van der Waals surface area contributed by atoms with Gasteiger partial charge in [0.15, 0.2) is 0 Å². The Kier molecular flexibility index (Phi) is 3.43. The van der Waals surface area contributed by atoms with Gasteiger partial charge in [0, 0.05) is 5.56 Å². The van der Waals surface area contributed by atoms with E-state index in [0.29, 0.717) is 5.95 Å². The zero-order valence-corrected chi connectivity index (χ0v) is 12.2. The minimum Gasteiger partial charge on any atom is -0.466 e. The van der Waals surface area contributed by atoms with Crippen LogP contribution < -0.4 is 5.32 Å². The van der Waals surface area contributed by atoms with Crippen molar-refractivity contribution in [2.24, 2.45) is 0 Å². The first kappa shape index (κ1) is 13.4. The van der Waals surface area contributed by atoms with E-state index in [9.17, 15) is 0 Å². The summed E-state index contributed by atoms with van der Waals surface area (Å²) in [5.41, 5.74) is 2.02. The average Bonchev–Trinajstić information content (AvgIpc) is 3.06. The Balaban J connectivity index is 1.86. The van der Waals surface area contributed by atoms with Crippen molar-refractivity contribution in [3.63, 3.8) is 0 Å². The van der Waals surface area contributed by atoms with Gasteiger partial charge in [0.05, 0.1) is 11.7 Å². The van der Waals surface area contributed by atoms with Gasteiger partial charge >= 0.3 is 0 Å². The van der Waals surface area contributed by atoms with Crippen LogP contribution >= 0.6 is 0 Å². The molecule has 0 amide bonds. The van der Waals surface area contributed by atoms with E-state index in [4.69, 9.17) is 4.42 Å². The molecule has 1 N–H and O–H groups in total. The van der Waals surface area contributed by atoms with Gasteiger partial charge in [-0.15, -0.1) is 0 Å². The number of aryl methyl sites for hydroxylation is 2. The molecule has 1 atom stereocenters. The summed E-state index contributed by atoms with van der Waals surface area (Å²) in [5, 5.41) is 15.2. The summed E-state index contributed by atoms with van der Waals surface area (Å²) in [6.07, 6.45) is 0. The van der Waals surface area contributed by atoms with Gasteiger partial charge in [0.25, 0.3) is 0 Å². The summed E-state index contributed by atoms with van der Waals surface area (Å²) in [6.45, 7) is 5.96. The summed E-state index contributed by atoms with van der Waals surface area (Å²) in [6, 6.07) is 11.9. The number of furan rings is 1. The smallest absolute Gasteiger partial charge is 0.248 e. The molecule has 21 heavy (non-hydrogen) atoms. The van der Waals surface area contributed by atoms with Crippen molar-refractivity contribution in [3.05, 3.63) is 53.5 Å². The van der Waals surface area contributed by atoms with Crippen molar-refractivity contribution in [1.82, 2.24) is 20.2 Å². The van der Waals surface area contributed by atoms with Crippen molar-refractivity contribution >= 4 is 5.95 Å². The van der Waals surface area contributed by atoms with Crippen LogP contribution in [0.1, 0.15) is 30.0 Å². The molecular formula is C15H17N5O. The molecule has 6 heteroatoms. The third-order valence-corrected chi connectivity index (χ3v) is 3.36. The molecule has 108 valence electrons. The molecule has 2 heterocycles. The highest BCUT2D eigenvalue weighted by Crippen LogP contribution is 2.24. The van der Waals surface area contributed by atoms with Crippen molar-refractivity contribution in [2.45, 2.75) is 26.8 Å². The van der Waals surface area contributed by atoms with Crippen molar-refractivity contribution < 1.29 is 4.42 Å². The fourth-order valence-corrected chi connectivity index (χ4v) is 2.37. The van der Waals surface area contributed by atoms with Crippen molar-refractivity contribution in [1.29, 1.82) is 0 Å². The maximum absolute atomic E-state index is 5.57. The number of nitrogens with zero attached hydrogens (tertiary/aromatic N) is 4. The summed E-state index contributed by atoms with van der Waals surface area (Å²) < 4.78 is 7.25. The van der Waals surface area contributed by atoms with Gasteiger partial charge in [0.2, 0.25) is 5.95 Å². The van der Waals surface area contributed by atoms with Crippen LogP contribution in [0.25, 0.3) is 5.69 Å². The number of hydrogen-bond acceptors (Lipinski definition) is 5.